The SMILES string of the molecule is C#CC1(O)CCCCC1.C=C[SiH](C)O[Si](C)(C)C. The highest BCUT2D eigenvalue weighted by atomic mass is 28.4. The Labute approximate surface area is 115 Å². The molecule has 0 aromatic carbocycles. The van der Waals surface area contributed by atoms with Gasteiger partial charge in [-0.05, 0) is 51.9 Å². The van der Waals surface area contributed by atoms with Crippen LogP contribution in [0.5, 0.6) is 0 Å². The summed E-state index contributed by atoms with van der Waals surface area (Å²) in [6.07, 6.45) is 10.1. The molecule has 1 atom stereocenters. The standard InChI is InChI=1S/C8H12O.C6H16OSi2/c1-2-8(9)6-4-3-5-7-8;1-6-8(2)7-9(3,4)5/h1,9H,3-7H2;6,8H,1H2,2-5H3. The highest BCUT2D eigenvalue weighted by Gasteiger charge is 2.25. The minimum Gasteiger partial charge on any atom is -0.455 e. The summed E-state index contributed by atoms with van der Waals surface area (Å²) in [4.78, 5) is 0. The molecule has 104 valence electrons. The van der Waals surface area contributed by atoms with Crippen LogP contribution in [-0.4, -0.2) is 28.1 Å². The van der Waals surface area contributed by atoms with Crippen LogP contribution >= 0.6 is 0 Å². The third-order valence-electron chi connectivity index (χ3n) is 2.82. The number of hydrogen-bond acceptors (Lipinski definition) is 2. The molecule has 0 aliphatic heterocycles. The summed E-state index contributed by atoms with van der Waals surface area (Å²) in [5, 5.41) is 9.44. The van der Waals surface area contributed by atoms with E-state index in [1.807, 2.05) is 5.70 Å². The highest BCUT2D eigenvalue weighted by Crippen LogP contribution is 2.26. The average Bonchev–Trinajstić information content (AvgIpc) is 2.29. The monoisotopic (exact) mass is 284 g/mol. The van der Waals surface area contributed by atoms with Gasteiger partial charge in [-0.15, -0.1) is 13.0 Å². The molecule has 1 aliphatic carbocycles. The zero-order chi connectivity index (χ0) is 14.2. The van der Waals surface area contributed by atoms with E-state index in [1.54, 1.807) is 0 Å². The van der Waals surface area contributed by atoms with Gasteiger partial charge in [-0.1, -0.05) is 18.0 Å². The van der Waals surface area contributed by atoms with E-state index < -0.39 is 23.0 Å². The Bertz CT molecular complexity index is 283. The molecule has 1 saturated carbocycles. The molecule has 1 rings (SSSR count). The summed E-state index contributed by atoms with van der Waals surface area (Å²) < 4.78 is 5.75. The Morgan fingerprint density at radius 3 is 2.06 bits per heavy atom. The molecule has 1 aliphatic rings. The smallest absolute Gasteiger partial charge is 0.184 e. The third kappa shape index (κ3) is 8.70. The fourth-order valence-corrected chi connectivity index (χ4v) is 6.73. The van der Waals surface area contributed by atoms with Crippen molar-refractivity contribution in [1.29, 1.82) is 0 Å². The summed E-state index contributed by atoms with van der Waals surface area (Å²) in [6.45, 7) is 12.5. The summed E-state index contributed by atoms with van der Waals surface area (Å²) in [5.41, 5.74) is 1.22. The van der Waals surface area contributed by atoms with Gasteiger partial charge in [-0.3, -0.25) is 0 Å². The molecule has 0 aromatic rings. The maximum absolute atomic E-state index is 9.44. The van der Waals surface area contributed by atoms with Crippen LogP contribution in [0.1, 0.15) is 32.1 Å². The predicted octanol–water partition coefficient (Wildman–Crippen LogP) is 3.23. The Morgan fingerprint density at radius 2 is 1.83 bits per heavy atom. The maximum Gasteiger partial charge on any atom is 0.184 e. The first-order chi connectivity index (χ1) is 8.22. The fraction of sp³-hybridized carbons (Fsp3) is 0.714. The van der Waals surface area contributed by atoms with Crippen molar-refractivity contribution in [2.24, 2.45) is 0 Å². The molecule has 0 saturated heterocycles. The van der Waals surface area contributed by atoms with Gasteiger partial charge in [0.25, 0.3) is 0 Å². The van der Waals surface area contributed by atoms with Crippen molar-refractivity contribution in [2.45, 2.75) is 63.9 Å². The predicted molar refractivity (Wildman–Crippen MR) is 84.5 cm³/mol. The van der Waals surface area contributed by atoms with Crippen molar-refractivity contribution in [3.05, 3.63) is 12.3 Å². The molecule has 0 aromatic heterocycles. The Balaban J connectivity index is 0.000000321. The number of hydrogen-bond donors (Lipinski definition) is 1. The van der Waals surface area contributed by atoms with Gasteiger partial charge in [-0.2, -0.15) is 0 Å². The van der Waals surface area contributed by atoms with Crippen molar-refractivity contribution in [3.63, 3.8) is 0 Å². The zero-order valence-corrected chi connectivity index (χ0v) is 14.5. The summed E-state index contributed by atoms with van der Waals surface area (Å²) in [5.74, 6) is 2.44. The molecule has 0 amide bonds. The van der Waals surface area contributed by atoms with E-state index in [2.05, 4.69) is 38.7 Å². The quantitative estimate of drug-likeness (QED) is 0.637. The molecule has 0 heterocycles. The van der Waals surface area contributed by atoms with Crippen LogP contribution in [0.25, 0.3) is 0 Å². The van der Waals surface area contributed by atoms with Crippen LogP contribution in [0, 0.1) is 12.3 Å². The maximum atomic E-state index is 9.44. The molecular formula is C14H28O2Si2. The Morgan fingerprint density at radius 1 is 1.33 bits per heavy atom. The van der Waals surface area contributed by atoms with Gasteiger partial charge >= 0.3 is 0 Å². The van der Waals surface area contributed by atoms with Crippen LogP contribution in [0.4, 0.5) is 0 Å². The normalized spacial score (nSPS) is 20.0. The first-order valence-electron chi connectivity index (χ1n) is 6.73. The van der Waals surface area contributed by atoms with Crippen molar-refractivity contribution < 1.29 is 9.22 Å². The van der Waals surface area contributed by atoms with Gasteiger partial charge in [0.05, 0.1) is 0 Å². The summed E-state index contributed by atoms with van der Waals surface area (Å²) in [6, 6.07) is 0. The first kappa shape index (κ1) is 17.7. The van der Waals surface area contributed by atoms with E-state index in [4.69, 9.17) is 10.5 Å². The van der Waals surface area contributed by atoms with Gasteiger partial charge in [-0.25, -0.2) is 0 Å². The van der Waals surface area contributed by atoms with Crippen LogP contribution in [0.2, 0.25) is 26.2 Å². The lowest BCUT2D eigenvalue weighted by molar-refractivity contribution is 0.0612. The summed E-state index contributed by atoms with van der Waals surface area (Å²) in [7, 11) is -2.23. The molecule has 4 heteroatoms. The molecule has 18 heavy (non-hydrogen) atoms. The molecule has 2 nitrogen and oxygen atoms in total. The van der Waals surface area contributed by atoms with Crippen molar-refractivity contribution in [1.82, 2.24) is 0 Å². The van der Waals surface area contributed by atoms with E-state index in [0.29, 0.717) is 0 Å². The lowest BCUT2D eigenvalue weighted by atomic mass is 9.86. The fourth-order valence-electron chi connectivity index (χ4n) is 1.89. The minimum atomic E-state index is -1.25. The zero-order valence-electron chi connectivity index (χ0n) is 12.3. The molecular weight excluding hydrogens is 256 g/mol. The molecule has 1 fully saturated rings. The Hall–Kier alpha value is -0.346. The van der Waals surface area contributed by atoms with E-state index in [9.17, 15) is 5.11 Å². The third-order valence-corrected chi connectivity index (χ3v) is 7.80. The molecule has 0 spiro atoms. The molecule has 1 unspecified atom stereocenters. The van der Waals surface area contributed by atoms with Crippen molar-refractivity contribution in [2.75, 3.05) is 0 Å². The van der Waals surface area contributed by atoms with Crippen LogP contribution in [0.3, 0.4) is 0 Å². The van der Waals surface area contributed by atoms with Gasteiger partial charge in [0.15, 0.2) is 17.4 Å². The van der Waals surface area contributed by atoms with Gasteiger partial charge in [0, 0.05) is 0 Å². The molecule has 1 N–H and O–H groups in total. The largest absolute Gasteiger partial charge is 0.455 e. The van der Waals surface area contributed by atoms with E-state index in [1.165, 1.54) is 6.42 Å². The van der Waals surface area contributed by atoms with E-state index in [-0.39, 0.29) is 0 Å². The first-order valence-corrected chi connectivity index (χ1v) is 12.4. The Kier molecular flexibility index (Phi) is 7.80. The van der Waals surface area contributed by atoms with E-state index >= 15 is 0 Å². The van der Waals surface area contributed by atoms with Crippen LogP contribution < -0.4 is 0 Å². The van der Waals surface area contributed by atoms with Gasteiger partial charge < -0.3 is 9.22 Å². The summed E-state index contributed by atoms with van der Waals surface area (Å²) >= 11 is 0. The van der Waals surface area contributed by atoms with Crippen LogP contribution in [-0.2, 0) is 4.12 Å². The van der Waals surface area contributed by atoms with Crippen LogP contribution in [0.15, 0.2) is 12.3 Å². The second-order valence-corrected chi connectivity index (χ2v) is 13.0. The number of terminal acetylenes is 1. The topological polar surface area (TPSA) is 29.5 Å². The van der Waals surface area contributed by atoms with Crippen molar-refractivity contribution >= 4 is 17.4 Å². The lowest BCUT2D eigenvalue weighted by Crippen LogP contribution is -2.31. The molecule has 0 radical (unpaired) electrons. The number of rotatable bonds is 3. The second-order valence-electron chi connectivity index (χ2n) is 5.91. The average molecular weight is 285 g/mol. The number of aliphatic hydroxyl groups is 1. The highest BCUT2D eigenvalue weighted by molar-refractivity contribution is 6.78. The minimum absolute atomic E-state index is 0.752. The van der Waals surface area contributed by atoms with Crippen molar-refractivity contribution in [3.8, 4) is 12.3 Å². The second kappa shape index (κ2) is 7.95. The van der Waals surface area contributed by atoms with E-state index in [0.717, 1.165) is 25.7 Å². The lowest BCUT2D eigenvalue weighted by Gasteiger charge is -2.26. The molecule has 0 bridgehead atoms. The van der Waals surface area contributed by atoms with Gasteiger partial charge in [0.1, 0.15) is 5.60 Å². The van der Waals surface area contributed by atoms with Gasteiger partial charge in [0.2, 0.25) is 0 Å².